The monoisotopic (exact) mass is 518 g/mol. The van der Waals surface area contributed by atoms with Gasteiger partial charge in [0.25, 0.3) is 0 Å². The molecule has 0 spiro atoms. The zero-order valence-electron chi connectivity index (χ0n) is 19.7. The molecule has 0 fully saturated rings. The fraction of sp³-hybridized carbons (Fsp3) is 0. The van der Waals surface area contributed by atoms with E-state index in [1.165, 1.54) is 0 Å². The summed E-state index contributed by atoms with van der Waals surface area (Å²) in [6, 6.07) is 32.8. The van der Waals surface area contributed by atoms with Crippen LogP contribution in [0, 0.1) is 0 Å². The third kappa shape index (κ3) is 4.35. The summed E-state index contributed by atoms with van der Waals surface area (Å²) in [7, 11) is 0. The maximum Gasteiger partial charge on any atom is 2.00 e. The van der Waals surface area contributed by atoms with Gasteiger partial charge < -0.3 is 9.97 Å². The molecule has 0 amide bonds. The minimum absolute atomic E-state index is 0. The molecule has 0 aliphatic carbocycles. The second kappa shape index (κ2) is 9.53. The maximum atomic E-state index is 4.95. The molecule has 0 unspecified atom stereocenters. The van der Waals surface area contributed by atoms with Crippen LogP contribution < -0.4 is 9.97 Å². The second-order valence-electron chi connectivity index (χ2n) is 8.79. The van der Waals surface area contributed by atoms with Crippen LogP contribution in [0.2, 0.25) is 0 Å². The Morgan fingerprint density at radius 1 is 0.459 bits per heavy atom. The molecule has 0 saturated carbocycles. The van der Waals surface area contributed by atoms with Crippen molar-refractivity contribution in [3.05, 3.63) is 120 Å². The van der Waals surface area contributed by atoms with Crippen LogP contribution in [-0.4, -0.2) is 9.97 Å². The fourth-order valence-corrected chi connectivity index (χ4v) is 4.76. The molecule has 3 aromatic heterocycles. The summed E-state index contributed by atoms with van der Waals surface area (Å²) in [5.41, 5.74) is 11.2. The van der Waals surface area contributed by atoms with Gasteiger partial charge in [-0.05, 0) is 46.6 Å². The van der Waals surface area contributed by atoms with E-state index in [-0.39, 0.29) is 16.5 Å². The molecule has 0 N–H and O–H groups in total. The Labute approximate surface area is 224 Å². The summed E-state index contributed by atoms with van der Waals surface area (Å²) < 4.78 is 0. The van der Waals surface area contributed by atoms with E-state index in [9.17, 15) is 0 Å². The van der Waals surface area contributed by atoms with Crippen molar-refractivity contribution in [2.24, 2.45) is 0 Å². The van der Waals surface area contributed by atoms with E-state index < -0.39 is 0 Å². The first-order chi connectivity index (χ1) is 17.8. The number of nitrogens with zero attached hydrogens (tertiary/aromatic N) is 4. The van der Waals surface area contributed by atoms with Crippen molar-refractivity contribution in [1.29, 1.82) is 0 Å². The molecule has 2 aromatic carbocycles. The van der Waals surface area contributed by atoms with E-state index in [1.807, 2.05) is 72.8 Å². The van der Waals surface area contributed by atoms with Crippen LogP contribution in [-0.2, 0) is 16.5 Å². The van der Waals surface area contributed by atoms with Crippen LogP contribution >= 0.6 is 0 Å². The molecule has 178 valence electrons. The predicted molar refractivity (Wildman–Crippen MR) is 148 cm³/mol. The minimum Gasteiger partial charge on any atom is -0.657 e. The Morgan fingerprint density at radius 2 is 0.892 bits per heavy atom. The summed E-state index contributed by atoms with van der Waals surface area (Å²) in [4.78, 5) is 19.8. The third-order valence-electron chi connectivity index (χ3n) is 6.39. The van der Waals surface area contributed by atoms with Gasteiger partial charge in [-0.15, -0.1) is 22.1 Å². The summed E-state index contributed by atoms with van der Waals surface area (Å²) in [5, 5.41) is 0. The average Bonchev–Trinajstić information content (AvgIpc) is 3.72. The molecule has 0 saturated heterocycles. The molecule has 37 heavy (non-hydrogen) atoms. The van der Waals surface area contributed by atoms with Gasteiger partial charge in [-0.1, -0.05) is 97.1 Å². The normalized spacial score (nSPS) is 11.9. The maximum absolute atomic E-state index is 4.95. The van der Waals surface area contributed by atoms with Gasteiger partial charge in [-0.3, -0.25) is 0 Å². The topological polar surface area (TPSA) is 54.0 Å². The van der Waals surface area contributed by atoms with Gasteiger partial charge in [0, 0.05) is 0 Å². The number of fused-ring (bicyclic) bond motifs is 8. The fourth-order valence-electron chi connectivity index (χ4n) is 4.76. The van der Waals surface area contributed by atoms with Crippen LogP contribution in [0.1, 0.15) is 22.8 Å². The van der Waals surface area contributed by atoms with E-state index in [0.29, 0.717) is 0 Å². The van der Waals surface area contributed by atoms with Crippen molar-refractivity contribution in [1.82, 2.24) is 19.9 Å². The molecule has 2 aliphatic heterocycles. The number of benzene rings is 2. The van der Waals surface area contributed by atoms with Crippen LogP contribution in [0.5, 0.6) is 0 Å². The summed E-state index contributed by atoms with van der Waals surface area (Å²) in [5.74, 6) is 0. The van der Waals surface area contributed by atoms with Crippen molar-refractivity contribution >= 4 is 46.4 Å². The predicted octanol–water partition coefficient (Wildman–Crippen LogP) is 7.25. The van der Waals surface area contributed by atoms with E-state index in [2.05, 4.69) is 48.6 Å². The summed E-state index contributed by atoms with van der Waals surface area (Å²) in [6.07, 6.45) is 8.18. The van der Waals surface area contributed by atoms with Crippen molar-refractivity contribution in [3.63, 3.8) is 0 Å². The molecule has 4 nitrogen and oxygen atoms in total. The van der Waals surface area contributed by atoms with Crippen molar-refractivity contribution in [2.75, 3.05) is 0 Å². The zero-order valence-corrected chi connectivity index (χ0v) is 20.6. The molecule has 0 atom stereocenters. The Balaban J connectivity index is 0.00000252. The van der Waals surface area contributed by atoms with Crippen molar-refractivity contribution < 1.29 is 16.5 Å². The van der Waals surface area contributed by atoms with Crippen molar-refractivity contribution in [3.8, 4) is 22.3 Å². The third-order valence-corrected chi connectivity index (χ3v) is 6.39. The van der Waals surface area contributed by atoms with E-state index in [1.54, 1.807) is 0 Å². The zero-order chi connectivity index (χ0) is 23.9. The van der Waals surface area contributed by atoms with Gasteiger partial charge in [0.2, 0.25) is 0 Å². The van der Waals surface area contributed by atoms with Crippen LogP contribution in [0.3, 0.4) is 0 Å². The second-order valence-corrected chi connectivity index (χ2v) is 8.79. The van der Waals surface area contributed by atoms with Crippen molar-refractivity contribution in [2.45, 2.75) is 0 Å². The average molecular weight is 519 g/mol. The molecule has 5 heteroatoms. The molecule has 2 aliphatic rings. The van der Waals surface area contributed by atoms with Crippen LogP contribution in [0.25, 0.3) is 68.6 Å². The van der Waals surface area contributed by atoms with Gasteiger partial charge in [0.15, 0.2) is 0 Å². The van der Waals surface area contributed by atoms with E-state index in [0.717, 1.165) is 67.1 Å². The number of rotatable bonds is 2. The van der Waals surface area contributed by atoms with E-state index >= 15 is 0 Å². The first-order valence-corrected chi connectivity index (χ1v) is 11.9. The first kappa shape index (κ1) is 23.0. The van der Waals surface area contributed by atoms with Gasteiger partial charge in [-0.25, -0.2) is 9.97 Å². The van der Waals surface area contributed by atoms with Crippen LogP contribution in [0.4, 0.5) is 0 Å². The van der Waals surface area contributed by atoms with Crippen LogP contribution in [0.15, 0.2) is 97.1 Å². The molecule has 7 rings (SSSR count). The molecular formula is C32H20N4Ni. The van der Waals surface area contributed by atoms with Gasteiger partial charge in [-0.2, -0.15) is 0 Å². The van der Waals surface area contributed by atoms with Gasteiger partial charge in [0.1, 0.15) is 0 Å². The number of hydrogen-bond acceptors (Lipinski definition) is 2. The summed E-state index contributed by atoms with van der Waals surface area (Å²) >= 11 is 0. The Kier molecular flexibility index (Phi) is 5.92. The van der Waals surface area contributed by atoms with Gasteiger partial charge in [0.05, 0.1) is 22.8 Å². The molecule has 0 radical (unpaired) electrons. The quantitative estimate of drug-likeness (QED) is 0.226. The summed E-state index contributed by atoms with van der Waals surface area (Å²) in [6.45, 7) is 0. The molecule has 5 aromatic rings. The molecule has 8 bridgehead atoms. The minimum atomic E-state index is 0. The largest absolute Gasteiger partial charge is 2.00 e. The molecular weight excluding hydrogens is 499 g/mol. The first-order valence-electron chi connectivity index (χ1n) is 11.9. The van der Waals surface area contributed by atoms with Gasteiger partial charge >= 0.3 is 16.5 Å². The number of hydrogen-bond donors (Lipinski definition) is 0. The Hall–Kier alpha value is -4.47. The Bertz CT molecular complexity index is 1690. The SMILES string of the molecule is C1=Cc2nc1cc1ccc([n-]1)c(-c1ccccc1)c1nc(cc3ccc([n-]3)c2-c2ccccc2)C=C1.[Ni+2]. The number of aromatic nitrogens is 4. The standard InChI is InChI=1S/C32H20N4.Ni/c1-3-7-21(8-4-1)31-27-15-11-23(33-27)19-25-13-17-29(35-25)32(22-9-5-2-6-10-22)30-18-14-26(36-30)20-24-12-16-28(31)34-24;/h1-20H;/q-2;+2. The Morgan fingerprint density at radius 3 is 1.32 bits per heavy atom. The molecule has 5 heterocycles. The van der Waals surface area contributed by atoms with E-state index in [4.69, 9.17) is 19.9 Å². The smallest absolute Gasteiger partial charge is 0.657 e.